The van der Waals surface area contributed by atoms with Gasteiger partial charge in [-0.05, 0) is 38.8 Å². The zero-order chi connectivity index (χ0) is 10.7. The van der Waals surface area contributed by atoms with Gasteiger partial charge in [0, 0.05) is 6.54 Å². The molecular formula is C11H22N2O. The van der Waals surface area contributed by atoms with E-state index in [0.29, 0.717) is 11.8 Å². The van der Waals surface area contributed by atoms with Crippen LogP contribution >= 0.6 is 0 Å². The number of likely N-dealkylation sites (N-methyl/N-ethyl adjacent to an activating group) is 2. The molecule has 1 fully saturated rings. The molecule has 0 radical (unpaired) electrons. The smallest absolute Gasteiger partial charge is 0.237 e. The highest BCUT2D eigenvalue weighted by Crippen LogP contribution is 2.29. The second-order valence-corrected chi connectivity index (χ2v) is 4.52. The van der Waals surface area contributed by atoms with Crippen molar-refractivity contribution in [2.75, 3.05) is 20.1 Å². The van der Waals surface area contributed by atoms with Crippen LogP contribution in [0.3, 0.4) is 0 Å². The van der Waals surface area contributed by atoms with Crippen LogP contribution in [0, 0.1) is 11.8 Å². The van der Waals surface area contributed by atoms with Gasteiger partial charge in [-0.25, -0.2) is 0 Å². The van der Waals surface area contributed by atoms with Crippen molar-refractivity contribution in [3.8, 4) is 0 Å². The average molecular weight is 198 g/mol. The molecule has 1 heterocycles. The van der Waals surface area contributed by atoms with Gasteiger partial charge in [-0.3, -0.25) is 9.69 Å². The molecular weight excluding hydrogens is 176 g/mol. The average Bonchev–Trinajstić information content (AvgIpc) is 2.47. The van der Waals surface area contributed by atoms with Crippen LogP contribution in [-0.2, 0) is 4.79 Å². The first-order valence-corrected chi connectivity index (χ1v) is 5.55. The molecule has 1 unspecified atom stereocenters. The van der Waals surface area contributed by atoms with Crippen LogP contribution in [0.25, 0.3) is 0 Å². The number of hydrogen-bond acceptors (Lipinski definition) is 2. The summed E-state index contributed by atoms with van der Waals surface area (Å²) < 4.78 is 0. The van der Waals surface area contributed by atoms with Crippen molar-refractivity contribution < 1.29 is 4.79 Å². The Kier molecular flexibility index (Phi) is 3.93. The molecule has 3 nitrogen and oxygen atoms in total. The van der Waals surface area contributed by atoms with E-state index in [9.17, 15) is 4.79 Å². The molecule has 0 spiro atoms. The van der Waals surface area contributed by atoms with Gasteiger partial charge >= 0.3 is 0 Å². The van der Waals surface area contributed by atoms with Gasteiger partial charge in [0.25, 0.3) is 0 Å². The predicted octanol–water partition coefficient (Wildman–Crippen LogP) is 1.10. The molecule has 1 aliphatic rings. The Balaban J connectivity index is 2.66. The Morgan fingerprint density at radius 3 is 2.71 bits per heavy atom. The lowest BCUT2D eigenvalue weighted by molar-refractivity contribution is -0.126. The fraction of sp³-hybridized carbons (Fsp3) is 0.909. The van der Waals surface area contributed by atoms with E-state index in [-0.39, 0.29) is 11.9 Å². The van der Waals surface area contributed by atoms with Gasteiger partial charge in [-0.15, -0.1) is 0 Å². The van der Waals surface area contributed by atoms with E-state index in [2.05, 4.69) is 24.1 Å². The molecule has 3 heteroatoms. The van der Waals surface area contributed by atoms with Crippen LogP contribution in [0.2, 0.25) is 0 Å². The Morgan fingerprint density at radius 2 is 2.21 bits per heavy atom. The molecule has 1 rings (SSSR count). The molecule has 0 aromatic heterocycles. The van der Waals surface area contributed by atoms with E-state index in [1.807, 2.05) is 14.0 Å². The number of likely N-dealkylation sites (tertiary alicyclic amines) is 1. The topological polar surface area (TPSA) is 32.3 Å². The van der Waals surface area contributed by atoms with Crippen LogP contribution < -0.4 is 5.32 Å². The van der Waals surface area contributed by atoms with Gasteiger partial charge in [-0.2, -0.15) is 0 Å². The summed E-state index contributed by atoms with van der Waals surface area (Å²) >= 11 is 0. The number of carbonyl (C=O) groups excluding carboxylic acids is 1. The van der Waals surface area contributed by atoms with E-state index in [1.165, 1.54) is 0 Å². The highest BCUT2D eigenvalue weighted by atomic mass is 16.2. The zero-order valence-electron chi connectivity index (χ0n) is 9.71. The molecule has 0 aliphatic carbocycles. The van der Waals surface area contributed by atoms with Crippen molar-refractivity contribution >= 4 is 5.91 Å². The second-order valence-electron chi connectivity index (χ2n) is 4.52. The van der Waals surface area contributed by atoms with Gasteiger partial charge in [0.1, 0.15) is 0 Å². The van der Waals surface area contributed by atoms with Gasteiger partial charge < -0.3 is 5.32 Å². The number of nitrogens with one attached hydrogen (secondary N) is 1. The van der Waals surface area contributed by atoms with E-state index < -0.39 is 0 Å². The number of amides is 1. The minimum Gasteiger partial charge on any atom is -0.355 e. The highest BCUT2D eigenvalue weighted by Gasteiger charge is 2.38. The lowest BCUT2D eigenvalue weighted by atomic mass is 9.88. The van der Waals surface area contributed by atoms with Gasteiger partial charge in [0.15, 0.2) is 0 Å². The second kappa shape index (κ2) is 4.78. The Labute approximate surface area is 86.9 Å². The number of rotatable bonds is 3. The van der Waals surface area contributed by atoms with Crippen molar-refractivity contribution in [1.82, 2.24) is 10.2 Å². The number of nitrogens with zero attached hydrogens (tertiary/aromatic N) is 1. The van der Waals surface area contributed by atoms with E-state index in [1.54, 1.807) is 0 Å². The summed E-state index contributed by atoms with van der Waals surface area (Å²) in [5.41, 5.74) is 0. The Bertz CT molecular complexity index is 203. The van der Waals surface area contributed by atoms with E-state index >= 15 is 0 Å². The van der Waals surface area contributed by atoms with Crippen LogP contribution in [0.15, 0.2) is 0 Å². The quantitative estimate of drug-likeness (QED) is 0.736. The van der Waals surface area contributed by atoms with Gasteiger partial charge in [0.2, 0.25) is 5.91 Å². The maximum absolute atomic E-state index is 11.8. The van der Waals surface area contributed by atoms with Crippen LogP contribution in [0.5, 0.6) is 0 Å². The molecule has 1 amide bonds. The molecule has 0 aromatic carbocycles. The summed E-state index contributed by atoms with van der Waals surface area (Å²) in [4.78, 5) is 14.0. The molecule has 1 aliphatic heterocycles. The van der Waals surface area contributed by atoms with Crippen molar-refractivity contribution in [2.24, 2.45) is 11.8 Å². The first-order valence-electron chi connectivity index (χ1n) is 5.55. The maximum Gasteiger partial charge on any atom is 0.237 e. The van der Waals surface area contributed by atoms with Gasteiger partial charge in [-0.1, -0.05) is 13.8 Å². The monoisotopic (exact) mass is 198 g/mol. The fourth-order valence-corrected chi connectivity index (χ4v) is 2.35. The minimum atomic E-state index is 0.0925. The maximum atomic E-state index is 11.8. The molecule has 14 heavy (non-hydrogen) atoms. The lowest BCUT2D eigenvalue weighted by Gasteiger charge is -2.26. The third-order valence-electron chi connectivity index (χ3n) is 3.17. The molecule has 1 N–H and O–H groups in total. The fourth-order valence-electron chi connectivity index (χ4n) is 2.35. The first kappa shape index (κ1) is 11.5. The largest absolute Gasteiger partial charge is 0.355 e. The number of hydrogen-bond donors (Lipinski definition) is 1. The van der Waals surface area contributed by atoms with Crippen LogP contribution in [0.4, 0.5) is 0 Å². The zero-order valence-corrected chi connectivity index (χ0v) is 9.71. The highest BCUT2D eigenvalue weighted by molar-refractivity contribution is 5.82. The SMILES string of the molecule is CCNC(=O)C1[C@@H](C(C)C)CCN1C. The van der Waals surface area contributed by atoms with Gasteiger partial charge in [0.05, 0.1) is 6.04 Å². The molecule has 82 valence electrons. The minimum absolute atomic E-state index is 0.0925. The van der Waals surface area contributed by atoms with E-state index in [4.69, 9.17) is 0 Å². The summed E-state index contributed by atoms with van der Waals surface area (Å²) in [6, 6.07) is 0.0925. The van der Waals surface area contributed by atoms with E-state index in [0.717, 1.165) is 19.5 Å². The normalized spacial score (nSPS) is 28.4. The third kappa shape index (κ3) is 2.27. The van der Waals surface area contributed by atoms with Crippen molar-refractivity contribution in [2.45, 2.75) is 33.2 Å². The summed E-state index contributed by atoms with van der Waals surface area (Å²) in [6.45, 7) is 8.15. The summed E-state index contributed by atoms with van der Waals surface area (Å²) in [7, 11) is 2.04. The third-order valence-corrected chi connectivity index (χ3v) is 3.17. The number of carbonyl (C=O) groups is 1. The Hall–Kier alpha value is -0.570. The molecule has 2 atom stereocenters. The molecule has 1 saturated heterocycles. The first-order chi connectivity index (χ1) is 6.57. The van der Waals surface area contributed by atoms with Crippen LogP contribution in [0.1, 0.15) is 27.2 Å². The van der Waals surface area contributed by atoms with Crippen molar-refractivity contribution in [1.29, 1.82) is 0 Å². The summed E-state index contributed by atoms with van der Waals surface area (Å²) in [5, 5.41) is 2.92. The molecule has 0 aromatic rings. The van der Waals surface area contributed by atoms with Crippen LogP contribution in [-0.4, -0.2) is 37.0 Å². The predicted molar refractivity (Wildman–Crippen MR) is 58.0 cm³/mol. The standard InChI is InChI=1S/C11H22N2O/c1-5-12-11(14)10-9(8(2)3)6-7-13(10)4/h8-10H,5-7H2,1-4H3,(H,12,14)/t9-,10?/m1/s1. The lowest BCUT2D eigenvalue weighted by Crippen LogP contribution is -2.45. The van der Waals surface area contributed by atoms with Crippen molar-refractivity contribution in [3.63, 3.8) is 0 Å². The van der Waals surface area contributed by atoms with Crippen molar-refractivity contribution in [3.05, 3.63) is 0 Å². The summed E-state index contributed by atoms with van der Waals surface area (Å²) in [6.07, 6.45) is 1.15. The molecule has 0 bridgehead atoms. The Morgan fingerprint density at radius 1 is 1.57 bits per heavy atom. The summed E-state index contributed by atoms with van der Waals surface area (Å²) in [5.74, 6) is 1.31. The molecule has 0 saturated carbocycles.